The van der Waals surface area contributed by atoms with Crippen molar-refractivity contribution in [2.75, 3.05) is 0 Å². The molecule has 106 valence electrons. The molecule has 0 radical (unpaired) electrons. The standard InChI is InChI=1S/C12H16F6/c1-8(2)7-10(12(16,17)18)6-4-5-9(3)11(13,14)15/h4-6,8-9H,7H2,1-3H3/b5-4-,10-6+. The van der Waals surface area contributed by atoms with Crippen LogP contribution in [0.5, 0.6) is 0 Å². The summed E-state index contributed by atoms with van der Waals surface area (Å²) in [5.41, 5.74) is -0.817. The number of rotatable bonds is 4. The predicted molar refractivity (Wildman–Crippen MR) is 58.0 cm³/mol. The summed E-state index contributed by atoms with van der Waals surface area (Å²) in [5.74, 6) is -1.98. The summed E-state index contributed by atoms with van der Waals surface area (Å²) < 4.78 is 73.9. The normalized spacial score (nSPS) is 16.7. The van der Waals surface area contributed by atoms with Crippen LogP contribution in [0.15, 0.2) is 23.8 Å². The molecule has 0 aromatic rings. The maximum Gasteiger partial charge on any atom is 0.412 e. The van der Waals surface area contributed by atoms with Crippen LogP contribution in [0.3, 0.4) is 0 Å². The molecule has 0 saturated carbocycles. The molecule has 0 aromatic carbocycles. The molecule has 0 aliphatic heterocycles. The number of hydrogen-bond acceptors (Lipinski definition) is 0. The highest BCUT2D eigenvalue weighted by atomic mass is 19.4. The zero-order valence-electron chi connectivity index (χ0n) is 10.4. The molecule has 1 unspecified atom stereocenters. The van der Waals surface area contributed by atoms with Crippen LogP contribution in [-0.2, 0) is 0 Å². The van der Waals surface area contributed by atoms with E-state index >= 15 is 0 Å². The molecule has 0 heterocycles. The average Bonchev–Trinajstić information content (AvgIpc) is 2.12. The molecule has 0 fully saturated rings. The van der Waals surface area contributed by atoms with E-state index in [1.807, 2.05) is 0 Å². The Labute approximate surface area is 102 Å². The molecule has 6 heteroatoms. The van der Waals surface area contributed by atoms with E-state index in [2.05, 4.69) is 0 Å². The third-order valence-electron chi connectivity index (χ3n) is 2.21. The van der Waals surface area contributed by atoms with Gasteiger partial charge in [0.15, 0.2) is 0 Å². The van der Waals surface area contributed by atoms with Gasteiger partial charge in [0.05, 0.1) is 5.92 Å². The fourth-order valence-corrected chi connectivity index (χ4v) is 1.17. The zero-order valence-corrected chi connectivity index (χ0v) is 10.4. The summed E-state index contributed by atoms with van der Waals surface area (Å²) in [6.45, 7) is 4.11. The van der Waals surface area contributed by atoms with E-state index in [0.717, 1.165) is 13.0 Å². The quantitative estimate of drug-likeness (QED) is 0.483. The van der Waals surface area contributed by atoms with Crippen molar-refractivity contribution in [2.45, 2.75) is 39.5 Å². The first-order chi connectivity index (χ1) is 7.94. The van der Waals surface area contributed by atoms with Crippen LogP contribution in [0.1, 0.15) is 27.2 Å². The summed E-state index contributed by atoms with van der Waals surface area (Å²) in [6.07, 6.45) is -6.90. The van der Waals surface area contributed by atoms with Gasteiger partial charge in [0.1, 0.15) is 0 Å². The SMILES string of the molecule is CC(C)C/C(=C\C=C/C(C)C(F)(F)F)C(F)(F)F. The number of allylic oxidation sites excluding steroid dienone is 4. The Morgan fingerprint density at radius 3 is 1.83 bits per heavy atom. The van der Waals surface area contributed by atoms with Gasteiger partial charge in [0.2, 0.25) is 0 Å². The van der Waals surface area contributed by atoms with Crippen LogP contribution in [0.25, 0.3) is 0 Å². The molecule has 0 aliphatic rings. The zero-order chi connectivity index (χ0) is 14.6. The Bertz CT molecular complexity index is 306. The monoisotopic (exact) mass is 274 g/mol. The first-order valence-corrected chi connectivity index (χ1v) is 5.46. The van der Waals surface area contributed by atoms with Gasteiger partial charge in [-0.05, 0) is 12.3 Å². The van der Waals surface area contributed by atoms with Crippen molar-refractivity contribution < 1.29 is 26.3 Å². The Kier molecular flexibility index (Phi) is 5.96. The van der Waals surface area contributed by atoms with Crippen molar-refractivity contribution in [3.8, 4) is 0 Å². The second kappa shape index (κ2) is 6.29. The minimum absolute atomic E-state index is 0.214. The summed E-state index contributed by atoms with van der Waals surface area (Å²) in [5, 5.41) is 0. The van der Waals surface area contributed by atoms with Crippen LogP contribution in [-0.4, -0.2) is 12.4 Å². The van der Waals surface area contributed by atoms with E-state index < -0.39 is 23.8 Å². The van der Waals surface area contributed by atoms with Crippen molar-refractivity contribution in [3.05, 3.63) is 23.8 Å². The molecule has 0 N–H and O–H groups in total. The van der Waals surface area contributed by atoms with Gasteiger partial charge < -0.3 is 0 Å². The minimum atomic E-state index is -4.50. The first-order valence-electron chi connectivity index (χ1n) is 5.46. The molecule has 1 atom stereocenters. The molecule has 0 saturated heterocycles. The molecule has 0 rings (SSSR count). The molecular formula is C12H16F6. The lowest BCUT2D eigenvalue weighted by atomic mass is 10.0. The van der Waals surface area contributed by atoms with Crippen molar-refractivity contribution in [1.29, 1.82) is 0 Å². The van der Waals surface area contributed by atoms with Crippen LogP contribution in [0.2, 0.25) is 0 Å². The Morgan fingerprint density at radius 1 is 1.00 bits per heavy atom. The smallest absolute Gasteiger partial charge is 0.170 e. The molecule has 0 amide bonds. The number of hydrogen-bond donors (Lipinski definition) is 0. The fourth-order valence-electron chi connectivity index (χ4n) is 1.17. The van der Waals surface area contributed by atoms with Crippen molar-refractivity contribution >= 4 is 0 Å². The summed E-state index contributed by atoms with van der Waals surface area (Å²) in [7, 11) is 0. The van der Waals surface area contributed by atoms with E-state index in [-0.39, 0.29) is 12.3 Å². The van der Waals surface area contributed by atoms with Crippen molar-refractivity contribution in [3.63, 3.8) is 0 Å². The summed E-state index contributed by atoms with van der Waals surface area (Å²) >= 11 is 0. The Morgan fingerprint density at radius 2 is 1.50 bits per heavy atom. The number of alkyl halides is 6. The molecule has 0 nitrogen and oxygen atoms in total. The van der Waals surface area contributed by atoms with Gasteiger partial charge in [-0.25, -0.2) is 0 Å². The first kappa shape index (κ1) is 17.1. The lowest BCUT2D eigenvalue weighted by molar-refractivity contribution is -0.156. The topological polar surface area (TPSA) is 0 Å². The highest BCUT2D eigenvalue weighted by molar-refractivity contribution is 5.18. The van der Waals surface area contributed by atoms with Crippen LogP contribution >= 0.6 is 0 Å². The highest BCUT2D eigenvalue weighted by Crippen LogP contribution is 2.31. The van der Waals surface area contributed by atoms with Gasteiger partial charge in [-0.2, -0.15) is 26.3 Å². The lowest BCUT2D eigenvalue weighted by Crippen LogP contribution is -2.17. The van der Waals surface area contributed by atoms with E-state index in [4.69, 9.17) is 0 Å². The largest absolute Gasteiger partial charge is 0.412 e. The van der Waals surface area contributed by atoms with Gasteiger partial charge in [0.25, 0.3) is 0 Å². The third kappa shape index (κ3) is 6.71. The van der Waals surface area contributed by atoms with E-state index in [9.17, 15) is 26.3 Å². The molecule has 0 aliphatic carbocycles. The fraction of sp³-hybridized carbons (Fsp3) is 0.667. The van der Waals surface area contributed by atoms with E-state index in [1.54, 1.807) is 13.8 Å². The van der Waals surface area contributed by atoms with Crippen LogP contribution < -0.4 is 0 Å². The Balaban J connectivity index is 4.84. The summed E-state index contributed by atoms with van der Waals surface area (Å²) in [6, 6.07) is 0. The highest BCUT2D eigenvalue weighted by Gasteiger charge is 2.34. The molecule has 0 bridgehead atoms. The van der Waals surface area contributed by atoms with Crippen LogP contribution in [0.4, 0.5) is 26.3 Å². The van der Waals surface area contributed by atoms with Gasteiger partial charge in [-0.3, -0.25) is 0 Å². The lowest BCUT2D eigenvalue weighted by Gasteiger charge is -2.13. The molecular weight excluding hydrogens is 258 g/mol. The maximum absolute atomic E-state index is 12.5. The summed E-state index contributed by atoms with van der Waals surface area (Å²) in [4.78, 5) is 0. The molecule has 18 heavy (non-hydrogen) atoms. The molecule has 0 aromatic heterocycles. The second-order valence-corrected chi connectivity index (χ2v) is 4.50. The molecule has 0 spiro atoms. The van der Waals surface area contributed by atoms with Crippen LogP contribution in [0, 0.1) is 11.8 Å². The minimum Gasteiger partial charge on any atom is -0.170 e. The maximum atomic E-state index is 12.5. The predicted octanol–water partition coefficient (Wildman–Crippen LogP) is 5.28. The van der Waals surface area contributed by atoms with Gasteiger partial charge in [0, 0.05) is 5.57 Å². The van der Waals surface area contributed by atoms with Gasteiger partial charge in [-0.1, -0.05) is 39.0 Å². The third-order valence-corrected chi connectivity index (χ3v) is 2.21. The van der Waals surface area contributed by atoms with Gasteiger partial charge >= 0.3 is 12.4 Å². The van der Waals surface area contributed by atoms with Crippen molar-refractivity contribution in [1.82, 2.24) is 0 Å². The number of halogens is 6. The van der Waals surface area contributed by atoms with E-state index in [0.29, 0.717) is 12.2 Å². The Hall–Kier alpha value is -0.940. The van der Waals surface area contributed by atoms with E-state index in [1.165, 1.54) is 0 Å². The second-order valence-electron chi connectivity index (χ2n) is 4.50. The van der Waals surface area contributed by atoms with Crippen molar-refractivity contribution in [2.24, 2.45) is 11.8 Å². The van der Waals surface area contributed by atoms with Gasteiger partial charge in [-0.15, -0.1) is 0 Å². The average molecular weight is 274 g/mol.